The molecule has 1 amide bonds. The molecule has 0 saturated carbocycles. The number of carbonyl (C=O) groups is 1. The first kappa shape index (κ1) is 20.9. The largest absolute Gasteiger partial charge is 0.375 e. The maximum Gasteiger partial charge on any atom is 0.269 e. The number of thiazole rings is 1. The third-order valence-electron chi connectivity index (χ3n) is 3.20. The summed E-state index contributed by atoms with van der Waals surface area (Å²) in [6, 6.07) is 6.07. The van der Waals surface area contributed by atoms with Gasteiger partial charge in [-0.15, -0.1) is 0 Å². The lowest BCUT2D eigenvalue weighted by molar-refractivity contribution is -0.384. The summed E-state index contributed by atoms with van der Waals surface area (Å²) in [5, 5.41) is 15.4. The number of hydrazine groups is 1. The average Bonchev–Trinajstić information content (AvgIpc) is 3.01. The van der Waals surface area contributed by atoms with Crippen LogP contribution in [0, 0.1) is 17.0 Å². The number of carbonyl (C=O) groups excluding carboxylic acids is 1. The van der Waals surface area contributed by atoms with E-state index >= 15 is 0 Å². The standard InChI is InChI=1S/C16H17N7O3S2/c1-9-14(28-16(18-9)22-19-10(2)24)13(20-21-15(17)27)8-5-11-3-6-12(7-4-11)23(25)26/h3-8H,1-2H3,(H,18,22)(H,19,24)(H3,17,21,27)/b8-5?,20-13+. The molecule has 1 aromatic heterocycles. The van der Waals surface area contributed by atoms with Gasteiger partial charge in [0.05, 0.1) is 15.5 Å². The van der Waals surface area contributed by atoms with Gasteiger partial charge >= 0.3 is 0 Å². The Morgan fingerprint density at radius 1 is 1.39 bits per heavy atom. The van der Waals surface area contributed by atoms with Crippen LogP contribution in [-0.2, 0) is 4.79 Å². The number of amides is 1. The van der Waals surface area contributed by atoms with E-state index in [0.29, 0.717) is 16.5 Å². The molecule has 0 aliphatic carbocycles. The molecule has 146 valence electrons. The summed E-state index contributed by atoms with van der Waals surface area (Å²) in [6.07, 6.45) is 3.44. The summed E-state index contributed by atoms with van der Waals surface area (Å²) < 4.78 is 0. The number of hydrazone groups is 1. The lowest BCUT2D eigenvalue weighted by Crippen LogP contribution is -2.26. The molecule has 2 rings (SSSR count). The number of benzene rings is 1. The molecule has 5 N–H and O–H groups in total. The lowest BCUT2D eigenvalue weighted by Gasteiger charge is -2.02. The summed E-state index contributed by atoms with van der Waals surface area (Å²) in [5.41, 5.74) is 15.1. The number of hydrogen-bond acceptors (Lipinski definition) is 8. The zero-order valence-electron chi connectivity index (χ0n) is 14.9. The van der Waals surface area contributed by atoms with E-state index in [1.54, 1.807) is 31.2 Å². The van der Waals surface area contributed by atoms with E-state index in [9.17, 15) is 14.9 Å². The number of anilines is 1. The van der Waals surface area contributed by atoms with Crippen LogP contribution < -0.4 is 22.0 Å². The molecule has 0 fully saturated rings. The molecule has 0 radical (unpaired) electrons. The van der Waals surface area contributed by atoms with E-state index in [0.717, 1.165) is 10.4 Å². The smallest absolute Gasteiger partial charge is 0.269 e. The van der Waals surface area contributed by atoms with Crippen LogP contribution in [0.2, 0.25) is 0 Å². The number of nitrogens with one attached hydrogen (secondary N) is 3. The van der Waals surface area contributed by atoms with Gasteiger partial charge in [-0.25, -0.2) is 4.98 Å². The number of rotatable bonds is 7. The fraction of sp³-hybridized carbons (Fsp3) is 0.125. The van der Waals surface area contributed by atoms with Gasteiger partial charge in [-0.05, 0) is 42.9 Å². The molecule has 0 spiro atoms. The topological polar surface area (TPSA) is 148 Å². The highest BCUT2D eigenvalue weighted by molar-refractivity contribution is 7.80. The second-order valence-electron chi connectivity index (χ2n) is 5.39. The van der Waals surface area contributed by atoms with Crippen molar-refractivity contribution in [1.82, 2.24) is 15.8 Å². The van der Waals surface area contributed by atoms with Crippen molar-refractivity contribution in [2.24, 2.45) is 10.8 Å². The molecule has 0 bridgehead atoms. The van der Waals surface area contributed by atoms with Gasteiger partial charge in [0.2, 0.25) is 11.0 Å². The summed E-state index contributed by atoms with van der Waals surface area (Å²) in [6.45, 7) is 3.17. The Hall–Kier alpha value is -3.38. The van der Waals surface area contributed by atoms with Crippen molar-refractivity contribution >= 4 is 57.2 Å². The molecule has 1 aromatic carbocycles. The number of nitrogens with zero attached hydrogens (tertiary/aromatic N) is 3. The normalized spacial score (nSPS) is 11.3. The summed E-state index contributed by atoms with van der Waals surface area (Å²) >= 11 is 6.06. The predicted molar refractivity (Wildman–Crippen MR) is 113 cm³/mol. The first-order chi connectivity index (χ1) is 13.3. The second kappa shape index (κ2) is 9.53. The highest BCUT2D eigenvalue weighted by atomic mass is 32.1. The predicted octanol–water partition coefficient (Wildman–Crippen LogP) is 2.07. The van der Waals surface area contributed by atoms with Gasteiger partial charge in [0.15, 0.2) is 5.11 Å². The Balaban J connectivity index is 2.29. The number of aryl methyl sites for hydroxylation is 1. The summed E-state index contributed by atoms with van der Waals surface area (Å²) in [7, 11) is 0. The minimum Gasteiger partial charge on any atom is -0.375 e. The molecule has 0 unspecified atom stereocenters. The van der Waals surface area contributed by atoms with Gasteiger partial charge in [0.1, 0.15) is 5.71 Å². The molecule has 0 saturated heterocycles. The highest BCUT2D eigenvalue weighted by Gasteiger charge is 2.13. The fourth-order valence-electron chi connectivity index (χ4n) is 1.99. The molecular formula is C16H17N7O3S2. The second-order valence-corrected chi connectivity index (χ2v) is 6.83. The van der Waals surface area contributed by atoms with Crippen LogP contribution in [0.5, 0.6) is 0 Å². The monoisotopic (exact) mass is 419 g/mol. The van der Waals surface area contributed by atoms with Crippen LogP contribution in [0.1, 0.15) is 23.1 Å². The summed E-state index contributed by atoms with van der Waals surface area (Å²) in [4.78, 5) is 26.4. The number of aromatic nitrogens is 1. The Kier molecular flexibility index (Phi) is 7.12. The molecule has 0 atom stereocenters. The zero-order valence-corrected chi connectivity index (χ0v) is 16.6. The van der Waals surface area contributed by atoms with Crippen LogP contribution >= 0.6 is 23.6 Å². The van der Waals surface area contributed by atoms with Crippen molar-refractivity contribution in [2.45, 2.75) is 13.8 Å². The molecule has 10 nitrogen and oxygen atoms in total. The van der Waals surface area contributed by atoms with Gasteiger partial charge in [0.25, 0.3) is 5.69 Å². The molecule has 1 heterocycles. The fourth-order valence-corrected chi connectivity index (χ4v) is 2.93. The van der Waals surface area contributed by atoms with Gasteiger partial charge in [-0.3, -0.25) is 31.2 Å². The van der Waals surface area contributed by atoms with Gasteiger partial charge in [-0.1, -0.05) is 17.4 Å². The number of non-ortho nitro benzene ring substituents is 1. The van der Waals surface area contributed by atoms with E-state index in [1.165, 1.54) is 30.4 Å². The SMILES string of the molecule is CC(=O)NNc1nc(C)c(/C(C=Cc2ccc([N+](=O)[O-])cc2)=N/NC(N)=S)s1. The molecule has 0 aliphatic rings. The van der Waals surface area contributed by atoms with Gasteiger partial charge < -0.3 is 5.73 Å². The Labute approximate surface area is 169 Å². The Morgan fingerprint density at radius 3 is 2.64 bits per heavy atom. The van der Waals surface area contributed by atoms with Crippen molar-refractivity contribution in [3.63, 3.8) is 0 Å². The van der Waals surface area contributed by atoms with Gasteiger partial charge in [-0.2, -0.15) is 5.10 Å². The third-order valence-corrected chi connectivity index (χ3v) is 4.39. The van der Waals surface area contributed by atoms with Crippen molar-refractivity contribution in [1.29, 1.82) is 0 Å². The van der Waals surface area contributed by atoms with E-state index in [-0.39, 0.29) is 16.7 Å². The van der Waals surface area contributed by atoms with Crippen molar-refractivity contribution in [2.75, 3.05) is 5.43 Å². The van der Waals surface area contributed by atoms with Crippen molar-refractivity contribution in [3.05, 3.63) is 56.6 Å². The molecule has 2 aromatic rings. The molecule has 0 aliphatic heterocycles. The van der Waals surface area contributed by atoms with Crippen LogP contribution in [0.15, 0.2) is 35.4 Å². The van der Waals surface area contributed by atoms with E-state index in [1.807, 2.05) is 0 Å². The zero-order chi connectivity index (χ0) is 20.7. The van der Waals surface area contributed by atoms with Crippen molar-refractivity contribution in [3.8, 4) is 0 Å². The number of hydrogen-bond donors (Lipinski definition) is 4. The Morgan fingerprint density at radius 2 is 2.07 bits per heavy atom. The number of thiocarbonyl (C=S) groups is 1. The highest BCUT2D eigenvalue weighted by Crippen LogP contribution is 2.24. The quantitative estimate of drug-likeness (QED) is 0.231. The minimum absolute atomic E-state index is 0.000000845. The van der Waals surface area contributed by atoms with Crippen molar-refractivity contribution < 1.29 is 9.72 Å². The van der Waals surface area contributed by atoms with E-state index in [4.69, 9.17) is 18.0 Å². The molecule has 28 heavy (non-hydrogen) atoms. The van der Waals surface area contributed by atoms with Gasteiger partial charge in [0, 0.05) is 19.1 Å². The first-order valence-corrected chi connectivity index (χ1v) is 9.05. The minimum atomic E-state index is -0.462. The Bertz CT molecular complexity index is 952. The lowest BCUT2D eigenvalue weighted by atomic mass is 10.1. The van der Waals surface area contributed by atoms with Crippen LogP contribution in [0.3, 0.4) is 0 Å². The average molecular weight is 419 g/mol. The maximum atomic E-state index is 11.0. The number of nitro benzene ring substituents is 1. The van der Waals surface area contributed by atoms with E-state index < -0.39 is 4.92 Å². The molecular weight excluding hydrogens is 402 g/mol. The van der Waals surface area contributed by atoms with E-state index in [2.05, 4.69) is 26.4 Å². The van der Waals surface area contributed by atoms with Crippen LogP contribution in [0.25, 0.3) is 6.08 Å². The number of nitro groups is 1. The van der Waals surface area contributed by atoms with Crippen LogP contribution in [0.4, 0.5) is 10.8 Å². The third kappa shape index (κ3) is 6.10. The summed E-state index contributed by atoms with van der Waals surface area (Å²) in [5.74, 6) is -0.253. The number of allylic oxidation sites excluding steroid dienone is 1. The van der Waals surface area contributed by atoms with Crippen LogP contribution in [-0.4, -0.2) is 26.6 Å². The number of nitrogens with two attached hydrogens (primary N) is 1. The maximum absolute atomic E-state index is 11.0. The molecule has 12 heteroatoms. The first-order valence-electron chi connectivity index (χ1n) is 7.82.